The fourth-order valence-corrected chi connectivity index (χ4v) is 2.45. The lowest BCUT2D eigenvalue weighted by Gasteiger charge is -2.25. The Hall–Kier alpha value is -2.73. The van der Waals surface area contributed by atoms with Gasteiger partial charge in [-0.25, -0.2) is 0 Å². The number of hydrogen-bond acceptors (Lipinski definition) is 4. The maximum Gasteiger partial charge on any atom is 0.283 e. The molecule has 0 fully saturated rings. The molecule has 1 atom stereocenters. The highest BCUT2D eigenvalue weighted by molar-refractivity contribution is 6.30. The minimum Gasteiger partial charge on any atom is -0.485 e. The van der Waals surface area contributed by atoms with Crippen molar-refractivity contribution in [3.63, 3.8) is 0 Å². The summed E-state index contributed by atoms with van der Waals surface area (Å²) in [6.45, 7) is 0.0764. The van der Waals surface area contributed by atoms with Gasteiger partial charge in [-0.1, -0.05) is 35.9 Å². The van der Waals surface area contributed by atoms with Gasteiger partial charge in [-0.15, -0.1) is 0 Å². The molecular weight excluding hydrogens is 332 g/mol. The number of para-hydroxylation sites is 2. The van der Waals surface area contributed by atoms with Crippen LogP contribution in [0.3, 0.4) is 0 Å². The maximum atomic E-state index is 12.1. The first kappa shape index (κ1) is 16.1. The Balaban J connectivity index is 1.50. The number of carbonyl (C=O) groups excluding carboxylic acids is 2. The average Bonchev–Trinajstić information content (AvgIpc) is 2.59. The molecule has 1 heterocycles. The van der Waals surface area contributed by atoms with E-state index in [2.05, 4.69) is 10.9 Å². The fraction of sp³-hybridized carbons (Fsp3) is 0.176. The molecule has 0 spiro atoms. The predicted octanol–water partition coefficient (Wildman–Crippen LogP) is 1.87. The second kappa shape index (κ2) is 7.23. The number of rotatable bonds is 3. The molecule has 6 nitrogen and oxygen atoms in total. The molecule has 0 saturated carbocycles. The third-order valence-electron chi connectivity index (χ3n) is 3.38. The smallest absolute Gasteiger partial charge is 0.283 e. The summed E-state index contributed by atoms with van der Waals surface area (Å²) in [5.41, 5.74) is 5.45. The quantitative estimate of drug-likeness (QED) is 0.832. The van der Waals surface area contributed by atoms with Gasteiger partial charge in [-0.3, -0.25) is 20.4 Å². The summed E-state index contributed by atoms with van der Waals surface area (Å²) < 4.78 is 11.0. The molecule has 2 amide bonds. The van der Waals surface area contributed by atoms with Crippen LogP contribution in [-0.2, 0) is 16.0 Å². The van der Waals surface area contributed by atoms with Gasteiger partial charge in [-0.2, -0.15) is 0 Å². The van der Waals surface area contributed by atoms with Crippen molar-refractivity contribution in [3.8, 4) is 11.5 Å². The van der Waals surface area contributed by atoms with Crippen molar-refractivity contribution in [3.05, 3.63) is 59.1 Å². The van der Waals surface area contributed by atoms with E-state index in [9.17, 15) is 9.59 Å². The van der Waals surface area contributed by atoms with Crippen LogP contribution >= 0.6 is 11.6 Å². The third-order valence-corrected chi connectivity index (χ3v) is 3.61. The first-order chi connectivity index (χ1) is 11.6. The highest BCUT2D eigenvalue weighted by Crippen LogP contribution is 2.30. The second-order valence-corrected chi connectivity index (χ2v) is 5.64. The molecule has 2 N–H and O–H groups in total. The van der Waals surface area contributed by atoms with Crippen molar-refractivity contribution < 1.29 is 19.1 Å². The molecule has 2 aromatic rings. The molecular formula is C17H15ClN2O4. The van der Waals surface area contributed by atoms with E-state index in [1.165, 1.54) is 0 Å². The van der Waals surface area contributed by atoms with Crippen LogP contribution in [0.1, 0.15) is 5.56 Å². The monoisotopic (exact) mass is 346 g/mol. The summed E-state index contributed by atoms with van der Waals surface area (Å²) in [5.74, 6) is 0.243. The van der Waals surface area contributed by atoms with Gasteiger partial charge in [0.1, 0.15) is 6.61 Å². The van der Waals surface area contributed by atoms with Crippen LogP contribution in [0.5, 0.6) is 11.5 Å². The van der Waals surface area contributed by atoms with Gasteiger partial charge in [0.15, 0.2) is 11.5 Å². The topological polar surface area (TPSA) is 76.7 Å². The van der Waals surface area contributed by atoms with Gasteiger partial charge < -0.3 is 9.47 Å². The highest BCUT2D eigenvalue weighted by Gasteiger charge is 2.27. The Morgan fingerprint density at radius 3 is 2.67 bits per heavy atom. The van der Waals surface area contributed by atoms with Crippen molar-refractivity contribution in [1.29, 1.82) is 0 Å². The molecule has 0 aromatic heterocycles. The number of halogens is 1. The van der Waals surface area contributed by atoms with E-state index in [1.807, 2.05) is 6.07 Å². The highest BCUT2D eigenvalue weighted by atomic mass is 35.5. The molecule has 7 heteroatoms. The summed E-state index contributed by atoms with van der Waals surface area (Å²) in [6.07, 6.45) is -0.725. The lowest BCUT2D eigenvalue weighted by atomic mass is 10.1. The summed E-state index contributed by atoms with van der Waals surface area (Å²) in [6, 6.07) is 14.0. The molecule has 2 aromatic carbocycles. The zero-order chi connectivity index (χ0) is 16.9. The van der Waals surface area contributed by atoms with E-state index in [-0.39, 0.29) is 18.9 Å². The van der Waals surface area contributed by atoms with Crippen molar-refractivity contribution in [2.24, 2.45) is 0 Å². The number of benzene rings is 2. The van der Waals surface area contributed by atoms with Crippen LogP contribution in [0.15, 0.2) is 48.5 Å². The molecule has 0 saturated heterocycles. The van der Waals surface area contributed by atoms with Gasteiger partial charge in [0, 0.05) is 5.02 Å². The Kier molecular flexibility index (Phi) is 4.86. The van der Waals surface area contributed by atoms with Gasteiger partial charge >= 0.3 is 0 Å². The molecule has 0 aliphatic carbocycles. The van der Waals surface area contributed by atoms with Crippen LogP contribution in [-0.4, -0.2) is 24.5 Å². The Morgan fingerprint density at radius 1 is 1.08 bits per heavy atom. The van der Waals surface area contributed by atoms with Crippen molar-refractivity contribution >= 4 is 23.4 Å². The van der Waals surface area contributed by atoms with E-state index in [1.54, 1.807) is 42.5 Å². The molecule has 124 valence electrons. The lowest BCUT2D eigenvalue weighted by Crippen LogP contribution is -2.51. The van der Waals surface area contributed by atoms with Gasteiger partial charge in [0.05, 0.1) is 6.42 Å². The minimum atomic E-state index is -0.827. The summed E-state index contributed by atoms with van der Waals surface area (Å²) in [5, 5.41) is 0.552. The number of fused-ring (bicyclic) bond motifs is 1. The number of ether oxygens (including phenoxy) is 2. The lowest BCUT2D eigenvalue weighted by molar-refractivity contribution is -0.134. The van der Waals surface area contributed by atoms with E-state index >= 15 is 0 Å². The summed E-state index contributed by atoms with van der Waals surface area (Å²) >= 11 is 5.87. The van der Waals surface area contributed by atoms with Crippen LogP contribution in [0, 0.1) is 0 Å². The summed E-state index contributed by atoms with van der Waals surface area (Å²) in [7, 11) is 0. The fourth-order valence-electron chi connectivity index (χ4n) is 2.24. The van der Waals surface area contributed by atoms with Gasteiger partial charge in [0.2, 0.25) is 12.0 Å². The number of hydrazine groups is 1. The molecule has 3 rings (SSSR count). The standard InChI is InChI=1S/C17H15ClN2O4/c18-12-5-3-4-11(8-12)9-16(21)19-20-17(22)15-10-23-13-6-1-2-7-14(13)24-15/h1-8,15H,9-10H2,(H,19,21)(H,20,22). The normalized spacial score (nSPS) is 15.5. The third kappa shape index (κ3) is 3.97. The molecule has 1 aliphatic rings. The average molecular weight is 347 g/mol. The number of hydrogen-bond donors (Lipinski definition) is 2. The minimum absolute atomic E-state index is 0.0764. The van der Waals surface area contributed by atoms with E-state index in [0.717, 1.165) is 5.56 Å². The largest absolute Gasteiger partial charge is 0.485 e. The predicted molar refractivity (Wildman–Crippen MR) is 87.8 cm³/mol. The van der Waals surface area contributed by atoms with Crippen molar-refractivity contribution in [2.75, 3.05) is 6.61 Å². The van der Waals surface area contributed by atoms with Crippen LogP contribution < -0.4 is 20.3 Å². The van der Waals surface area contributed by atoms with Crippen molar-refractivity contribution in [2.45, 2.75) is 12.5 Å². The Bertz CT molecular complexity index is 766. The van der Waals surface area contributed by atoms with Gasteiger partial charge in [-0.05, 0) is 29.8 Å². The van der Waals surface area contributed by atoms with E-state index < -0.39 is 12.0 Å². The van der Waals surface area contributed by atoms with E-state index in [4.69, 9.17) is 21.1 Å². The van der Waals surface area contributed by atoms with Crippen LogP contribution in [0.4, 0.5) is 0 Å². The zero-order valence-corrected chi connectivity index (χ0v) is 13.4. The van der Waals surface area contributed by atoms with Crippen LogP contribution in [0.2, 0.25) is 5.02 Å². The molecule has 1 aliphatic heterocycles. The molecule has 24 heavy (non-hydrogen) atoms. The zero-order valence-electron chi connectivity index (χ0n) is 12.6. The number of amides is 2. The maximum absolute atomic E-state index is 12.1. The summed E-state index contributed by atoms with van der Waals surface area (Å²) in [4.78, 5) is 23.9. The number of nitrogens with one attached hydrogen (secondary N) is 2. The first-order valence-corrected chi connectivity index (χ1v) is 7.71. The van der Waals surface area contributed by atoms with E-state index in [0.29, 0.717) is 16.5 Å². The molecule has 1 unspecified atom stereocenters. The Morgan fingerprint density at radius 2 is 1.88 bits per heavy atom. The molecule has 0 radical (unpaired) electrons. The molecule has 0 bridgehead atoms. The second-order valence-electron chi connectivity index (χ2n) is 5.21. The first-order valence-electron chi connectivity index (χ1n) is 7.33. The Labute approximate surface area is 143 Å². The SMILES string of the molecule is O=C(Cc1cccc(Cl)c1)NNC(=O)C1COc2ccccc2O1. The van der Waals surface area contributed by atoms with Crippen molar-refractivity contribution in [1.82, 2.24) is 10.9 Å². The number of carbonyl (C=O) groups is 2. The van der Waals surface area contributed by atoms with Gasteiger partial charge in [0.25, 0.3) is 5.91 Å². The van der Waals surface area contributed by atoms with Crippen LogP contribution in [0.25, 0.3) is 0 Å².